The maximum Gasteiger partial charge on any atom is 0.410 e. The lowest BCUT2D eigenvalue weighted by Crippen LogP contribution is -2.42. The van der Waals surface area contributed by atoms with Crippen molar-refractivity contribution in [2.75, 3.05) is 49.1 Å². The van der Waals surface area contributed by atoms with Gasteiger partial charge in [-0.05, 0) is 70.4 Å². The number of fused-ring (bicyclic) bond motifs is 2. The molecule has 2 aromatic carbocycles. The molecule has 0 bridgehead atoms. The molecule has 1 aromatic heterocycles. The monoisotopic (exact) mass is 616 g/mol. The molecule has 0 aliphatic carbocycles. The number of carbonyl (C=O) groups is 1. The van der Waals surface area contributed by atoms with Crippen molar-refractivity contribution < 1.29 is 14.3 Å². The first kappa shape index (κ1) is 30.3. The van der Waals surface area contributed by atoms with Crippen molar-refractivity contribution in [3.63, 3.8) is 0 Å². The van der Waals surface area contributed by atoms with E-state index in [0.29, 0.717) is 38.2 Å². The average molecular weight is 617 g/mol. The summed E-state index contributed by atoms with van der Waals surface area (Å²) in [5.41, 5.74) is 2.64. The Balaban J connectivity index is 1.29. The second-order valence-corrected chi connectivity index (χ2v) is 13.5. The molecule has 0 radical (unpaired) electrons. The Morgan fingerprint density at radius 3 is 2.66 bits per heavy atom. The molecule has 3 aromatic rings. The molecule has 10 heteroatoms. The number of rotatable bonds is 6. The number of nitrogens with zero attached hydrogens (tertiary/aromatic N) is 6. The van der Waals surface area contributed by atoms with Crippen molar-refractivity contribution in [3.05, 3.63) is 64.1 Å². The van der Waals surface area contributed by atoms with Crippen molar-refractivity contribution in [2.45, 2.75) is 71.1 Å². The van der Waals surface area contributed by atoms with E-state index in [1.807, 2.05) is 32.9 Å². The fraction of sp³-hybridized carbons (Fsp3) is 0.529. The van der Waals surface area contributed by atoms with E-state index >= 15 is 0 Å². The summed E-state index contributed by atoms with van der Waals surface area (Å²) in [7, 11) is 0. The number of anilines is 2. The molecule has 2 saturated heterocycles. The van der Waals surface area contributed by atoms with Crippen LogP contribution in [0.1, 0.15) is 57.7 Å². The van der Waals surface area contributed by atoms with E-state index in [1.54, 1.807) is 4.90 Å². The van der Waals surface area contributed by atoms with Crippen molar-refractivity contribution in [3.8, 4) is 6.01 Å². The molecule has 44 heavy (non-hydrogen) atoms. The van der Waals surface area contributed by atoms with Gasteiger partial charge in [-0.15, -0.1) is 0 Å². The molecule has 0 saturated carbocycles. The lowest BCUT2D eigenvalue weighted by Gasteiger charge is -2.36. The predicted octanol–water partition coefficient (Wildman–Crippen LogP) is 6.76. The number of likely N-dealkylation sites (tertiary alicyclic amines) is 1. The third-order valence-corrected chi connectivity index (χ3v) is 9.09. The molecule has 0 N–H and O–H groups in total. The van der Waals surface area contributed by atoms with Gasteiger partial charge in [-0.1, -0.05) is 35.9 Å². The highest BCUT2D eigenvalue weighted by Crippen LogP contribution is 2.37. The number of hydrogen-bond acceptors (Lipinski definition) is 7. The highest BCUT2D eigenvalue weighted by molar-refractivity contribution is 6.36. The van der Waals surface area contributed by atoms with Crippen LogP contribution in [-0.4, -0.2) is 71.9 Å². The number of hydrogen-bond donors (Lipinski definition) is 0. The molecular weight excluding hydrogens is 576 g/mol. The van der Waals surface area contributed by atoms with Crippen LogP contribution in [0.15, 0.2) is 36.4 Å². The van der Waals surface area contributed by atoms with E-state index in [9.17, 15) is 4.79 Å². The highest BCUT2D eigenvalue weighted by Gasteiger charge is 2.34. The van der Waals surface area contributed by atoms with Gasteiger partial charge in [0.05, 0.1) is 23.3 Å². The molecule has 6 rings (SSSR count). The summed E-state index contributed by atoms with van der Waals surface area (Å²) in [6.45, 7) is 17.7. The third kappa shape index (κ3) is 6.51. The van der Waals surface area contributed by atoms with E-state index < -0.39 is 5.60 Å². The second-order valence-electron chi connectivity index (χ2n) is 13.1. The predicted molar refractivity (Wildman–Crippen MR) is 174 cm³/mol. The first-order chi connectivity index (χ1) is 21.2. The second kappa shape index (κ2) is 12.7. The molecule has 2 fully saturated rings. The zero-order chi connectivity index (χ0) is 30.8. The summed E-state index contributed by atoms with van der Waals surface area (Å²) in [6, 6.07) is 12.5. The van der Waals surface area contributed by atoms with Crippen LogP contribution in [0, 0.1) is 12.5 Å². The summed E-state index contributed by atoms with van der Waals surface area (Å²) in [5, 5.41) is 2.90. The first-order valence-electron chi connectivity index (χ1n) is 15.7. The number of aromatic nitrogens is 2. The maximum atomic E-state index is 12.9. The van der Waals surface area contributed by atoms with Gasteiger partial charge in [0.2, 0.25) is 6.54 Å². The Morgan fingerprint density at radius 2 is 1.86 bits per heavy atom. The van der Waals surface area contributed by atoms with Crippen LogP contribution in [-0.2, 0) is 17.7 Å². The van der Waals surface area contributed by atoms with Gasteiger partial charge >= 0.3 is 12.1 Å². The summed E-state index contributed by atoms with van der Waals surface area (Å²) in [5.74, 6) is 1.25. The van der Waals surface area contributed by atoms with Crippen LogP contribution in [0.5, 0.6) is 6.01 Å². The quantitative estimate of drug-likeness (QED) is 0.283. The molecule has 3 aliphatic heterocycles. The van der Waals surface area contributed by atoms with E-state index in [-0.39, 0.29) is 12.1 Å². The van der Waals surface area contributed by atoms with Gasteiger partial charge in [-0.3, -0.25) is 0 Å². The van der Waals surface area contributed by atoms with Crippen LogP contribution in [0.3, 0.4) is 0 Å². The molecule has 0 spiro atoms. The van der Waals surface area contributed by atoms with Gasteiger partial charge < -0.3 is 29.0 Å². The van der Waals surface area contributed by atoms with Gasteiger partial charge in [0.1, 0.15) is 18.0 Å². The van der Waals surface area contributed by atoms with E-state index in [0.717, 1.165) is 90.3 Å². The Labute approximate surface area is 264 Å². The van der Waals surface area contributed by atoms with Gasteiger partial charge in [-0.25, -0.2) is 11.4 Å². The SMILES string of the molecule is [C-]#[N+]C[C@@H]1CCCN(c2nc(OC[C@@H]3CCCN3C(=O)OC(C)(C)C)nc3c2CCN(c2cccc4cccc(Cl)c24)C3)C1. The van der Waals surface area contributed by atoms with Crippen molar-refractivity contribution in [2.24, 2.45) is 5.92 Å². The normalized spacial score (nSPS) is 20.4. The number of benzene rings is 2. The Kier molecular flexibility index (Phi) is 8.73. The van der Waals surface area contributed by atoms with Crippen LogP contribution >= 0.6 is 11.6 Å². The average Bonchev–Trinajstić information content (AvgIpc) is 3.48. The first-order valence-corrected chi connectivity index (χ1v) is 16.1. The summed E-state index contributed by atoms with van der Waals surface area (Å²) in [4.78, 5) is 33.0. The van der Waals surface area contributed by atoms with Crippen LogP contribution in [0.2, 0.25) is 5.02 Å². The van der Waals surface area contributed by atoms with E-state index in [1.165, 1.54) is 0 Å². The standard InChI is InChI=1S/C34H41ClN6O3/c1-34(2,3)44-33(42)41-17-8-12-25(41)22-43-32-37-28-21-39(29-14-6-11-24-10-5-13-27(35)30(24)29)18-15-26(28)31(38-32)40-16-7-9-23(20-40)19-36-4/h5-6,10-11,13-14,23,25H,7-9,12,15-22H2,1-3H3/t23-,25-/m0/s1. The fourth-order valence-corrected chi connectivity index (χ4v) is 7.01. The van der Waals surface area contributed by atoms with Crippen LogP contribution in [0.4, 0.5) is 16.3 Å². The van der Waals surface area contributed by atoms with E-state index in [2.05, 4.69) is 38.9 Å². The van der Waals surface area contributed by atoms with Crippen molar-refractivity contribution in [1.29, 1.82) is 0 Å². The molecule has 3 aliphatic rings. The van der Waals surface area contributed by atoms with Gasteiger partial charge in [-0.2, -0.15) is 9.97 Å². The minimum Gasteiger partial charge on any atom is -0.461 e. The van der Waals surface area contributed by atoms with Crippen molar-refractivity contribution in [1.82, 2.24) is 14.9 Å². The maximum absolute atomic E-state index is 12.9. The number of ether oxygens (including phenoxy) is 2. The van der Waals surface area contributed by atoms with Crippen molar-refractivity contribution >= 4 is 40.0 Å². The highest BCUT2D eigenvalue weighted by atomic mass is 35.5. The Hall–Kier alpha value is -3.77. The lowest BCUT2D eigenvalue weighted by atomic mass is 9.96. The zero-order valence-corrected chi connectivity index (χ0v) is 26.6. The number of carbonyl (C=O) groups excluding carboxylic acids is 1. The summed E-state index contributed by atoms with van der Waals surface area (Å²) in [6.07, 6.45) is 4.33. The minimum atomic E-state index is -0.554. The lowest BCUT2D eigenvalue weighted by molar-refractivity contribution is 0.0183. The Bertz CT molecular complexity index is 1560. The molecule has 232 valence electrons. The summed E-state index contributed by atoms with van der Waals surface area (Å²) >= 11 is 6.71. The molecule has 9 nitrogen and oxygen atoms in total. The third-order valence-electron chi connectivity index (χ3n) is 8.77. The largest absolute Gasteiger partial charge is 0.461 e. The van der Waals surface area contributed by atoms with Gasteiger partial charge in [0.15, 0.2) is 0 Å². The zero-order valence-electron chi connectivity index (χ0n) is 25.9. The summed E-state index contributed by atoms with van der Waals surface area (Å²) < 4.78 is 12.0. The number of piperidine rings is 1. The number of halogens is 1. The van der Waals surface area contributed by atoms with E-state index in [4.69, 9.17) is 37.6 Å². The topological polar surface area (TPSA) is 75.4 Å². The smallest absolute Gasteiger partial charge is 0.410 e. The molecule has 1 amide bonds. The molecular formula is C34H41ClN6O3. The van der Waals surface area contributed by atoms with Crippen LogP contribution in [0.25, 0.3) is 15.6 Å². The van der Waals surface area contributed by atoms with Gasteiger partial charge in [0.25, 0.3) is 0 Å². The Morgan fingerprint density at radius 1 is 1.07 bits per heavy atom. The molecule has 2 atom stereocenters. The number of amides is 1. The fourth-order valence-electron chi connectivity index (χ4n) is 6.74. The van der Waals surface area contributed by atoms with Gasteiger partial charge in [0, 0.05) is 48.7 Å². The van der Waals surface area contributed by atoms with Crippen LogP contribution < -0.4 is 14.5 Å². The molecule has 4 heterocycles. The molecule has 0 unspecified atom stereocenters. The minimum absolute atomic E-state index is 0.0970.